The summed E-state index contributed by atoms with van der Waals surface area (Å²) in [6, 6.07) is 12.1. The molecule has 150 valence electrons. The van der Waals surface area contributed by atoms with Crippen molar-refractivity contribution in [2.45, 2.75) is 18.6 Å². The summed E-state index contributed by atoms with van der Waals surface area (Å²) in [7, 11) is -3.48. The Hall–Kier alpha value is -1.12. The number of benzene rings is 2. The van der Waals surface area contributed by atoms with Gasteiger partial charge in [0.1, 0.15) is 0 Å². The molecule has 1 saturated heterocycles. The van der Waals surface area contributed by atoms with Gasteiger partial charge in [-0.05, 0) is 58.6 Å². The Labute approximate surface area is 183 Å². The molecule has 9 heteroatoms. The zero-order chi connectivity index (χ0) is 20.3. The highest BCUT2D eigenvalue weighted by molar-refractivity contribution is 9.10. The van der Waals surface area contributed by atoms with Gasteiger partial charge in [-0.1, -0.05) is 41.4 Å². The third-order valence-electron chi connectivity index (χ3n) is 4.70. The van der Waals surface area contributed by atoms with Gasteiger partial charge in [0, 0.05) is 34.2 Å². The molecule has 1 amide bonds. The molecule has 0 bridgehead atoms. The van der Waals surface area contributed by atoms with Crippen molar-refractivity contribution in [1.82, 2.24) is 4.31 Å². The van der Waals surface area contributed by atoms with E-state index in [-0.39, 0.29) is 17.6 Å². The van der Waals surface area contributed by atoms with E-state index < -0.39 is 10.0 Å². The third-order valence-corrected chi connectivity index (χ3v) is 8.13. The normalized spacial score (nSPS) is 16.1. The smallest absolute Gasteiger partial charge is 0.227 e. The van der Waals surface area contributed by atoms with Crippen molar-refractivity contribution in [3.63, 3.8) is 0 Å². The molecule has 1 fully saturated rings. The van der Waals surface area contributed by atoms with E-state index in [4.69, 9.17) is 23.2 Å². The van der Waals surface area contributed by atoms with Crippen LogP contribution in [0.2, 0.25) is 10.0 Å². The standard InChI is InChI=1S/C19H19BrCl2N2O3S/c20-16-6-5-15(11-18(16)22)23-19(25)13-7-9-24(10-8-13)28(26,27)12-14-3-1-2-4-17(14)21/h1-6,11,13H,7-10,12H2,(H,23,25). The van der Waals surface area contributed by atoms with Crippen LogP contribution in [0.25, 0.3) is 0 Å². The summed E-state index contributed by atoms with van der Waals surface area (Å²) < 4.78 is 27.6. The van der Waals surface area contributed by atoms with E-state index >= 15 is 0 Å². The maximum absolute atomic E-state index is 12.7. The van der Waals surface area contributed by atoms with Crippen LogP contribution in [0.3, 0.4) is 0 Å². The predicted octanol–water partition coefficient (Wildman–Crippen LogP) is 4.94. The summed E-state index contributed by atoms with van der Waals surface area (Å²) in [5, 5.41) is 3.80. The molecule has 0 radical (unpaired) electrons. The fourth-order valence-corrected chi connectivity index (χ4v) is 5.42. The first-order chi connectivity index (χ1) is 13.3. The number of piperidine rings is 1. The van der Waals surface area contributed by atoms with E-state index in [2.05, 4.69) is 21.2 Å². The number of sulfonamides is 1. The van der Waals surface area contributed by atoms with Crippen molar-refractivity contribution < 1.29 is 13.2 Å². The van der Waals surface area contributed by atoms with Crippen molar-refractivity contribution in [2.75, 3.05) is 18.4 Å². The molecule has 2 aromatic carbocycles. The average molecular weight is 506 g/mol. The summed E-state index contributed by atoms with van der Waals surface area (Å²) in [5.41, 5.74) is 1.20. The second-order valence-electron chi connectivity index (χ2n) is 6.64. The Bertz CT molecular complexity index is 977. The topological polar surface area (TPSA) is 66.5 Å². The van der Waals surface area contributed by atoms with Crippen LogP contribution in [0.1, 0.15) is 18.4 Å². The Morgan fingerprint density at radius 3 is 2.43 bits per heavy atom. The Morgan fingerprint density at radius 2 is 1.79 bits per heavy atom. The van der Waals surface area contributed by atoms with Crippen LogP contribution in [0.5, 0.6) is 0 Å². The summed E-state index contributed by atoms with van der Waals surface area (Å²) >= 11 is 15.4. The van der Waals surface area contributed by atoms with Crippen LogP contribution >= 0.6 is 39.1 Å². The molecular weight excluding hydrogens is 487 g/mol. The number of hydrogen-bond acceptors (Lipinski definition) is 3. The van der Waals surface area contributed by atoms with E-state index in [1.165, 1.54) is 4.31 Å². The molecular formula is C19H19BrCl2N2O3S. The molecule has 2 aromatic rings. The lowest BCUT2D eigenvalue weighted by molar-refractivity contribution is -0.120. The van der Waals surface area contributed by atoms with Crippen molar-refractivity contribution >= 4 is 60.7 Å². The predicted molar refractivity (Wildman–Crippen MR) is 116 cm³/mol. The van der Waals surface area contributed by atoms with Crippen LogP contribution in [0.15, 0.2) is 46.9 Å². The van der Waals surface area contributed by atoms with Crippen LogP contribution < -0.4 is 5.32 Å². The second kappa shape index (κ2) is 9.13. The summed E-state index contributed by atoms with van der Waals surface area (Å²) in [6.07, 6.45) is 0.940. The number of carbonyl (C=O) groups excluding carboxylic acids is 1. The SMILES string of the molecule is O=C(Nc1ccc(Br)c(Cl)c1)C1CCN(S(=O)(=O)Cc2ccccc2Cl)CC1. The van der Waals surface area contributed by atoms with Gasteiger partial charge in [0.15, 0.2) is 0 Å². The van der Waals surface area contributed by atoms with Crippen LogP contribution in [-0.2, 0) is 20.6 Å². The van der Waals surface area contributed by atoms with Crippen molar-refractivity contribution in [3.05, 3.63) is 62.5 Å². The average Bonchev–Trinajstić information content (AvgIpc) is 2.66. The van der Waals surface area contributed by atoms with E-state index in [1.807, 2.05) is 0 Å². The summed E-state index contributed by atoms with van der Waals surface area (Å²) in [6.45, 7) is 0.623. The fourth-order valence-electron chi connectivity index (χ4n) is 3.12. The number of rotatable bonds is 5. The van der Waals surface area contributed by atoms with Gasteiger partial charge in [-0.15, -0.1) is 0 Å². The summed E-state index contributed by atoms with van der Waals surface area (Å²) in [5.74, 6) is -0.503. The van der Waals surface area contributed by atoms with Crippen LogP contribution in [0.4, 0.5) is 5.69 Å². The summed E-state index contributed by atoms with van der Waals surface area (Å²) in [4.78, 5) is 12.5. The highest BCUT2D eigenvalue weighted by Crippen LogP contribution is 2.28. The molecule has 0 saturated carbocycles. The van der Waals surface area contributed by atoms with Gasteiger partial charge < -0.3 is 5.32 Å². The number of carbonyl (C=O) groups is 1. The number of nitrogens with zero attached hydrogens (tertiary/aromatic N) is 1. The first kappa shape index (κ1) is 21.6. The molecule has 1 heterocycles. The van der Waals surface area contributed by atoms with Crippen LogP contribution in [0, 0.1) is 5.92 Å². The number of nitrogens with one attached hydrogen (secondary N) is 1. The molecule has 5 nitrogen and oxygen atoms in total. The van der Waals surface area contributed by atoms with E-state index in [1.54, 1.807) is 42.5 Å². The minimum atomic E-state index is -3.48. The minimum absolute atomic E-state index is 0.124. The first-order valence-corrected chi connectivity index (χ1v) is 11.9. The molecule has 0 atom stereocenters. The lowest BCUT2D eigenvalue weighted by Crippen LogP contribution is -2.41. The quantitative estimate of drug-likeness (QED) is 0.626. The van der Waals surface area contributed by atoms with Crippen molar-refractivity contribution in [2.24, 2.45) is 5.92 Å². The van der Waals surface area contributed by atoms with E-state index in [9.17, 15) is 13.2 Å². The lowest BCUT2D eigenvalue weighted by Gasteiger charge is -2.30. The van der Waals surface area contributed by atoms with E-state index in [0.29, 0.717) is 47.2 Å². The molecule has 0 aliphatic carbocycles. The monoisotopic (exact) mass is 504 g/mol. The maximum atomic E-state index is 12.7. The lowest BCUT2D eigenvalue weighted by atomic mass is 9.97. The van der Waals surface area contributed by atoms with Gasteiger partial charge in [-0.3, -0.25) is 4.79 Å². The number of anilines is 1. The Balaban J connectivity index is 1.58. The van der Waals surface area contributed by atoms with Crippen LogP contribution in [-0.4, -0.2) is 31.7 Å². The maximum Gasteiger partial charge on any atom is 0.227 e. The minimum Gasteiger partial charge on any atom is -0.326 e. The van der Waals surface area contributed by atoms with Crippen molar-refractivity contribution in [3.8, 4) is 0 Å². The molecule has 0 spiro atoms. The number of halogens is 3. The van der Waals surface area contributed by atoms with Crippen molar-refractivity contribution in [1.29, 1.82) is 0 Å². The van der Waals surface area contributed by atoms with Gasteiger partial charge in [-0.2, -0.15) is 0 Å². The first-order valence-electron chi connectivity index (χ1n) is 8.73. The van der Waals surface area contributed by atoms with Gasteiger partial charge in [0.2, 0.25) is 15.9 Å². The Kier molecular flexibility index (Phi) is 7.04. The zero-order valence-corrected chi connectivity index (χ0v) is 18.8. The third kappa shape index (κ3) is 5.27. The largest absolute Gasteiger partial charge is 0.326 e. The van der Waals surface area contributed by atoms with Gasteiger partial charge in [-0.25, -0.2) is 12.7 Å². The highest BCUT2D eigenvalue weighted by Gasteiger charge is 2.31. The fraction of sp³-hybridized carbons (Fsp3) is 0.316. The highest BCUT2D eigenvalue weighted by atomic mass is 79.9. The van der Waals surface area contributed by atoms with E-state index in [0.717, 1.165) is 4.47 Å². The molecule has 1 aliphatic heterocycles. The van der Waals surface area contributed by atoms with Gasteiger partial charge in [0.05, 0.1) is 10.8 Å². The molecule has 0 aromatic heterocycles. The molecule has 3 rings (SSSR count). The second-order valence-corrected chi connectivity index (χ2v) is 10.3. The zero-order valence-electron chi connectivity index (χ0n) is 14.9. The number of hydrogen-bond donors (Lipinski definition) is 1. The molecule has 1 N–H and O–H groups in total. The molecule has 28 heavy (non-hydrogen) atoms. The van der Waals surface area contributed by atoms with Gasteiger partial charge >= 0.3 is 0 Å². The Morgan fingerprint density at radius 1 is 1.11 bits per heavy atom. The molecule has 0 unspecified atom stereocenters. The van der Waals surface area contributed by atoms with Gasteiger partial charge in [0.25, 0.3) is 0 Å². The molecule has 1 aliphatic rings. The number of amides is 1.